The number of benzene rings is 1. The predicted octanol–water partition coefficient (Wildman–Crippen LogP) is 2.88. The second kappa shape index (κ2) is 7.78. The maximum Gasteiger partial charge on any atom is 0.416 e. The summed E-state index contributed by atoms with van der Waals surface area (Å²) in [6, 6.07) is 4.99. The van der Waals surface area contributed by atoms with E-state index in [9.17, 15) is 13.2 Å². The molecule has 0 bridgehead atoms. The number of fused-ring (bicyclic) bond motifs is 1. The van der Waals surface area contributed by atoms with Crippen LogP contribution in [-0.2, 0) is 19.3 Å². The summed E-state index contributed by atoms with van der Waals surface area (Å²) in [4.78, 5) is 13.0. The summed E-state index contributed by atoms with van der Waals surface area (Å²) >= 11 is 0. The van der Waals surface area contributed by atoms with Crippen LogP contribution in [-0.4, -0.2) is 37.8 Å². The molecular formula is C17H19F3N6O. The summed E-state index contributed by atoms with van der Waals surface area (Å²) in [7, 11) is 0. The van der Waals surface area contributed by atoms with E-state index in [0.29, 0.717) is 48.3 Å². The normalized spacial score (nSPS) is 11.7. The molecule has 1 aromatic carbocycles. The molecule has 10 heteroatoms. The Morgan fingerprint density at radius 3 is 2.48 bits per heavy atom. The first-order chi connectivity index (χ1) is 12.9. The van der Waals surface area contributed by atoms with Gasteiger partial charge in [0, 0.05) is 19.6 Å². The number of nitrogens with zero attached hydrogens (tertiary/aromatic N) is 4. The molecule has 2 aromatic heterocycles. The van der Waals surface area contributed by atoms with Gasteiger partial charge in [-0.3, -0.25) is 4.57 Å². The minimum Gasteiger partial charge on any atom is -0.395 e. The maximum atomic E-state index is 12.6. The molecule has 3 N–H and O–H groups in total. The Bertz CT molecular complexity index is 907. The molecule has 7 nitrogen and oxygen atoms in total. The van der Waals surface area contributed by atoms with Gasteiger partial charge in [-0.15, -0.1) is 0 Å². The van der Waals surface area contributed by atoms with E-state index in [-0.39, 0.29) is 6.61 Å². The number of rotatable bonds is 7. The average Bonchev–Trinajstić information content (AvgIpc) is 3.01. The van der Waals surface area contributed by atoms with Crippen LogP contribution in [0.25, 0.3) is 11.2 Å². The first-order valence-corrected chi connectivity index (χ1v) is 8.40. The lowest BCUT2D eigenvalue weighted by Crippen LogP contribution is -2.10. The fraction of sp³-hybridized carbons (Fsp3) is 0.353. The zero-order valence-electron chi connectivity index (χ0n) is 14.6. The summed E-state index contributed by atoms with van der Waals surface area (Å²) in [6.07, 6.45) is -2.76. The topological polar surface area (TPSA) is 87.9 Å². The first kappa shape index (κ1) is 18.9. The fourth-order valence-corrected chi connectivity index (χ4v) is 2.60. The van der Waals surface area contributed by atoms with Gasteiger partial charge in [-0.2, -0.15) is 18.2 Å². The minimum absolute atomic E-state index is 0.0334. The van der Waals surface area contributed by atoms with Crippen molar-refractivity contribution >= 4 is 23.1 Å². The third kappa shape index (κ3) is 4.27. The van der Waals surface area contributed by atoms with Crippen LogP contribution in [0.4, 0.5) is 25.1 Å². The fourth-order valence-electron chi connectivity index (χ4n) is 2.60. The number of aliphatic hydroxyl groups is 1. The average molecular weight is 380 g/mol. The van der Waals surface area contributed by atoms with Crippen LogP contribution in [0.15, 0.2) is 30.5 Å². The largest absolute Gasteiger partial charge is 0.416 e. The van der Waals surface area contributed by atoms with Gasteiger partial charge in [0.2, 0.25) is 11.9 Å². The van der Waals surface area contributed by atoms with Crippen LogP contribution in [0.5, 0.6) is 0 Å². The lowest BCUT2D eigenvalue weighted by Gasteiger charge is -2.10. The van der Waals surface area contributed by atoms with Crippen molar-refractivity contribution in [1.29, 1.82) is 0 Å². The van der Waals surface area contributed by atoms with Crippen molar-refractivity contribution in [1.82, 2.24) is 19.5 Å². The van der Waals surface area contributed by atoms with E-state index in [4.69, 9.17) is 5.11 Å². The molecule has 0 amide bonds. The van der Waals surface area contributed by atoms with E-state index in [1.54, 1.807) is 6.20 Å². The standard InChI is InChI=1S/C17H19F3N6O/c1-2-26-14-13(10-22-15(25-14)21-7-8-27)24-16(26)23-9-11-3-5-12(6-4-11)17(18,19)20/h3-6,10,27H,2,7-9H2,1H3,(H,23,24)(H,21,22,25). The molecule has 144 valence electrons. The van der Waals surface area contributed by atoms with Crippen molar-refractivity contribution in [3.63, 3.8) is 0 Å². The van der Waals surface area contributed by atoms with Crippen molar-refractivity contribution in [2.75, 3.05) is 23.8 Å². The highest BCUT2D eigenvalue weighted by Gasteiger charge is 2.29. The summed E-state index contributed by atoms with van der Waals surface area (Å²) in [5, 5.41) is 14.9. The molecule has 0 radical (unpaired) electrons. The molecule has 3 aromatic rings. The van der Waals surface area contributed by atoms with Gasteiger partial charge >= 0.3 is 6.18 Å². The van der Waals surface area contributed by atoms with Crippen molar-refractivity contribution < 1.29 is 18.3 Å². The monoisotopic (exact) mass is 380 g/mol. The zero-order valence-corrected chi connectivity index (χ0v) is 14.6. The number of anilines is 2. The molecule has 0 fully saturated rings. The summed E-state index contributed by atoms with van der Waals surface area (Å²) in [6.45, 7) is 3.17. The number of imidazole rings is 1. The minimum atomic E-state index is -4.34. The lowest BCUT2D eigenvalue weighted by atomic mass is 10.1. The Balaban J connectivity index is 1.78. The van der Waals surface area contributed by atoms with Crippen LogP contribution < -0.4 is 10.6 Å². The second-order valence-corrected chi connectivity index (χ2v) is 5.78. The maximum absolute atomic E-state index is 12.6. The van der Waals surface area contributed by atoms with Gasteiger partial charge in [0.25, 0.3) is 0 Å². The van der Waals surface area contributed by atoms with Crippen LogP contribution >= 0.6 is 0 Å². The van der Waals surface area contributed by atoms with Gasteiger partial charge in [-0.1, -0.05) is 12.1 Å². The number of aromatic nitrogens is 4. The van der Waals surface area contributed by atoms with E-state index in [1.807, 2.05) is 11.5 Å². The molecule has 0 aliphatic carbocycles. The lowest BCUT2D eigenvalue weighted by molar-refractivity contribution is -0.137. The van der Waals surface area contributed by atoms with Gasteiger partial charge in [0.1, 0.15) is 5.52 Å². The van der Waals surface area contributed by atoms with E-state index in [1.165, 1.54) is 12.1 Å². The predicted molar refractivity (Wildman–Crippen MR) is 95.3 cm³/mol. The van der Waals surface area contributed by atoms with E-state index >= 15 is 0 Å². The summed E-state index contributed by atoms with van der Waals surface area (Å²) < 4.78 is 39.8. The van der Waals surface area contributed by atoms with Gasteiger partial charge in [-0.05, 0) is 24.6 Å². The zero-order chi connectivity index (χ0) is 19.4. The van der Waals surface area contributed by atoms with Crippen LogP contribution in [0, 0.1) is 0 Å². The number of aryl methyl sites for hydroxylation is 1. The molecule has 27 heavy (non-hydrogen) atoms. The van der Waals surface area contributed by atoms with E-state index in [2.05, 4.69) is 25.6 Å². The Labute approximate surface area is 153 Å². The second-order valence-electron chi connectivity index (χ2n) is 5.78. The van der Waals surface area contributed by atoms with Gasteiger partial charge in [0.05, 0.1) is 18.4 Å². The molecule has 0 saturated carbocycles. The van der Waals surface area contributed by atoms with Crippen LogP contribution in [0.3, 0.4) is 0 Å². The smallest absolute Gasteiger partial charge is 0.395 e. The van der Waals surface area contributed by atoms with Gasteiger partial charge < -0.3 is 15.7 Å². The van der Waals surface area contributed by atoms with Crippen molar-refractivity contribution in [2.24, 2.45) is 0 Å². The molecule has 3 rings (SSSR count). The highest BCUT2D eigenvalue weighted by Crippen LogP contribution is 2.29. The SMILES string of the molecule is CCn1c(NCc2ccc(C(F)(F)F)cc2)nc2cnc(NCCO)nc21. The summed E-state index contributed by atoms with van der Waals surface area (Å²) in [5.74, 6) is 0.946. The number of aliphatic hydroxyl groups excluding tert-OH is 1. The molecule has 0 aliphatic rings. The number of hydrogen-bond acceptors (Lipinski definition) is 6. The third-order valence-corrected chi connectivity index (χ3v) is 3.93. The van der Waals surface area contributed by atoms with Crippen LogP contribution in [0.2, 0.25) is 0 Å². The molecule has 0 aliphatic heterocycles. The first-order valence-electron chi connectivity index (χ1n) is 8.40. The van der Waals surface area contributed by atoms with E-state index < -0.39 is 11.7 Å². The highest BCUT2D eigenvalue weighted by atomic mass is 19.4. The number of alkyl halides is 3. The molecule has 0 atom stereocenters. The molecular weight excluding hydrogens is 361 g/mol. The van der Waals surface area contributed by atoms with Gasteiger partial charge in [-0.25, -0.2) is 9.97 Å². The van der Waals surface area contributed by atoms with Crippen molar-refractivity contribution in [2.45, 2.75) is 26.2 Å². The summed E-state index contributed by atoms with van der Waals surface area (Å²) in [5.41, 5.74) is 1.25. The molecule has 2 heterocycles. The number of hydrogen-bond donors (Lipinski definition) is 3. The number of halogens is 3. The Hall–Kier alpha value is -2.88. The van der Waals surface area contributed by atoms with E-state index in [0.717, 1.165) is 12.1 Å². The Morgan fingerprint density at radius 2 is 1.85 bits per heavy atom. The quantitative estimate of drug-likeness (QED) is 0.584. The highest BCUT2D eigenvalue weighted by molar-refractivity contribution is 5.74. The molecule has 0 unspecified atom stereocenters. The van der Waals surface area contributed by atoms with Crippen molar-refractivity contribution in [3.8, 4) is 0 Å². The molecule has 0 spiro atoms. The molecule has 0 saturated heterocycles. The van der Waals surface area contributed by atoms with Gasteiger partial charge in [0.15, 0.2) is 5.65 Å². The number of nitrogens with one attached hydrogen (secondary N) is 2. The van der Waals surface area contributed by atoms with Crippen LogP contribution in [0.1, 0.15) is 18.1 Å². The Morgan fingerprint density at radius 1 is 1.11 bits per heavy atom. The Kier molecular flexibility index (Phi) is 5.45. The van der Waals surface area contributed by atoms with Crippen molar-refractivity contribution in [3.05, 3.63) is 41.6 Å². The third-order valence-electron chi connectivity index (χ3n) is 3.93.